The van der Waals surface area contributed by atoms with Gasteiger partial charge in [-0.3, -0.25) is 15.1 Å². The van der Waals surface area contributed by atoms with Crippen molar-refractivity contribution < 1.29 is 14.7 Å². The minimum absolute atomic E-state index is 0.0286. The second-order valence-electron chi connectivity index (χ2n) is 3.81. The summed E-state index contributed by atoms with van der Waals surface area (Å²) >= 11 is 11.1. The number of anilines is 1. The zero-order valence-corrected chi connectivity index (χ0v) is 11.9. The van der Waals surface area contributed by atoms with E-state index in [-0.39, 0.29) is 12.4 Å². The van der Waals surface area contributed by atoms with Crippen molar-refractivity contribution in [1.29, 1.82) is 0 Å². The standard InChI is InChI=1S/C12H16Cl2N2O3/c1-19-16-9-4-2-8(3-5-9)11(17)7-15-12(18)10(14)6-13/h2-5,10-11,16-17H,6-7H2,1H3,(H,15,18). The summed E-state index contributed by atoms with van der Waals surface area (Å²) < 4.78 is 0. The maximum absolute atomic E-state index is 11.4. The Labute approximate surface area is 121 Å². The molecule has 0 saturated heterocycles. The maximum Gasteiger partial charge on any atom is 0.239 e. The van der Waals surface area contributed by atoms with Gasteiger partial charge in [-0.15, -0.1) is 23.2 Å². The molecule has 2 unspecified atom stereocenters. The van der Waals surface area contributed by atoms with Crippen LogP contribution in [0.25, 0.3) is 0 Å². The number of alkyl halides is 2. The first-order valence-corrected chi connectivity index (χ1v) is 6.60. The van der Waals surface area contributed by atoms with E-state index in [2.05, 4.69) is 10.8 Å². The largest absolute Gasteiger partial charge is 0.387 e. The molecule has 5 nitrogen and oxygen atoms in total. The minimum Gasteiger partial charge on any atom is -0.387 e. The van der Waals surface area contributed by atoms with Gasteiger partial charge in [0.15, 0.2) is 0 Å². The predicted molar refractivity (Wildman–Crippen MR) is 75.4 cm³/mol. The van der Waals surface area contributed by atoms with Gasteiger partial charge in [0.05, 0.1) is 18.9 Å². The van der Waals surface area contributed by atoms with Crippen molar-refractivity contribution in [2.45, 2.75) is 11.5 Å². The van der Waals surface area contributed by atoms with E-state index in [1.807, 2.05) is 0 Å². The van der Waals surface area contributed by atoms with Crippen LogP contribution in [0.15, 0.2) is 24.3 Å². The number of amides is 1. The van der Waals surface area contributed by atoms with Gasteiger partial charge in [0.2, 0.25) is 5.91 Å². The van der Waals surface area contributed by atoms with Crippen LogP contribution < -0.4 is 10.8 Å². The van der Waals surface area contributed by atoms with E-state index < -0.39 is 17.4 Å². The van der Waals surface area contributed by atoms with E-state index in [0.717, 1.165) is 5.69 Å². The van der Waals surface area contributed by atoms with Crippen LogP contribution >= 0.6 is 23.2 Å². The highest BCUT2D eigenvalue weighted by Crippen LogP contribution is 2.15. The van der Waals surface area contributed by atoms with Crippen molar-refractivity contribution in [1.82, 2.24) is 5.32 Å². The number of aliphatic hydroxyl groups excluding tert-OH is 1. The van der Waals surface area contributed by atoms with Crippen LogP contribution in [0.3, 0.4) is 0 Å². The molecule has 0 saturated carbocycles. The Hall–Kier alpha value is -1.01. The summed E-state index contributed by atoms with van der Waals surface area (Å²) in [7, 11) is 1.51. The van der Waals surface area contributed by atoms with E-state index in [4.69, 9.17) is 28.0 Å². The molecule has 0 radical (unpaired) electrons. The second kappa shape index (κ2) is 8.22. The molecule has 106 valence electrons. The van der Waals surface area contributed by atoms with E-state index >= 15 is 0 Å². The molecule has 1 aromatic carbocycles. The van der Waals surface area contributed by atoms with Gasteiger partial charge >= 0.3 is 0 Å². The van der Waals surface area contributed by atoms with Gasteiger partial charge in [-0.25, -0.2) is 0 Å². The van der Waals surface area contributed by atoms with Crippen molar-refractivity contribution >= 4 is 34.8 Å². The Balaban J connectivity index is 2.49. The van der Waals surface area contributed by atoms with E-state index in [1.165, 1.54) is 7.11 Å². The Morgan fingerprint density at radius 3 is 2.58 bits per heavy atom. The predicted octanol–water partition coefficient (Wildman–Crippen LogP) is 1.66. The third kappa shape index (κ3) is 5.24. The third-order valence-corrected chi connectivity index (χ3v) is 3.22. The lowest BCUT2D eigenvalue weighted by Crippen LogP contribution is -2.35. The Bertz CT molecular complexity index is 400. The van der Waals surface area contributed by atoms with Crippen LogP contribution in [-0.2, 0) is 9.63 Å². The van der Waals surface area contributed by atoms with Crippen molar-refractivity contribution in [2.75, 3.05) is 25.0 Å². The fourth-order valence-electron chi connectivity index (χ4n) is 1.39. The molecule has 19 heavy (non-hydrogen) atoms. The average molecular weight is 307 g/mol. The van der Waals surface area contributed by atoms with Gasteiger partial charge in [-0.1, -0.05) is 12.1 Å². The molecule has 0 fully saturated rings. The Kier molecular flexibility index (Phi) is 6.94. The van der Waals surface area contributed by atoms with Gasteiger partial charge in [0.25, 0.3) is 0 Å². The molecular formula is C12H16Cl2N2O3. The van der Waals surface area contributed by atoms with Crippen LogP contribution in [0.5, 0.6) is 0 Å². The molecule has 0 heterocycles. The van der Waals surface area contributed by atoms with Crippen molar-refractivity contribution in [2.24, 2.45) is 0 Å². The topological polar surface area (TPSA) is 70.6 Å². The normalized spacial score (nSPS) is 13.7. The number of rotatable bonds is 7. The molecule has 7 heteroatoms. The number of benzene rings is 1. The summed E-state index contributed by atoms with van der Waals surface area (Å²) in [5, 5.41) is 11.6. The SMILES string of the molecule is CONc1ccc(C(O)CNC(=O)C(Cl)CCl)cc1. The van der Waals surface area contributed by atoms with Crippen LogP contribution in [-0.4, -0.2) is 35.9 Å². The van der Waals surface area contributed by atoms with Gasteiger partial charge < -0.3 is 10.4 Å². The third-order valence-electron chi connectivity index (χ3n) is 2.40. The van der Waals surface area contributed by atoms with E-state index in [1.54, 1.807) is 24.3 Å². The molecule has 1 amide bonds. The number of hydrogen-bond donors (Lipinski definition) is 3. The molecule has 1 aromatic rings. The fraction of sp³-hybridized carbons (Fsp3) is 0.417. The molecule has 0 aliphatic rings. The van der Waals surface area contributed by atoms with Gasteiger partial charge in [-0.2, -0.15) is 0 Å². The van der Waals surface area contributed by atoms with Gasteiger partial charge in [-0.05, 0) is 17.7 Å². The quantitative estimate of drug-likeness (QED) is 0.529. The molecular weight excluding hydrogens is 291 g/mol. The summed E-state index contributed by atoms with van der Waals surface area (Å²) in [6.45, 7) is 0.0794. The van der Waals surface area contributed by atoms with Gasteiger partial charge in [0, 0.05) is 12.4 Å². The summed E-state index contributed by atoms with van der Waals surface area (Å²) in [6, 6.07) is 6.98. The summed E-state index contributed by atoms with van der Waals surface area (Å²) in [5.41, 5.74) is 4.11. The molecule has 3 N–H and O–H groups in total. The molecule has 0 aromatic heterocycles. The number of aliphatic hydroxyl groups is 1. The fourth-order valence-corrected chi connectivity index (χ4v) is 1.60. The number of carbonyl (C=O) groups is 1. The molecule has 0 aliphatic carbocycles. The lowest BCUT2D eigenvalue weighted by molar-refractivity contribution is -0.120. The molecule has 1 rings (SSSR count). The Morgan fingerprint density at radius 2 is 2.05 bits per heavy atom. The highest BCUT2D eigenvalue weighted by Gasteiger charge is 2.15. The lowest BCUT2D eigenvalue weighted by atomic mass is 10.1. The Morgan fingerprint density at radius 1 is 1.42 bits per heavy atom. The number of hydrogen-bond acceptors (Lipinski definition) is 4. The zero-order valence-electron chi connectivity index (χ0n) is 10.4. The van der Waals surface area contributed by atoms with Crippen molar-refractivity contribution in [3.8, 4) is 0 Å². The first-order valence-electron chi connectivity index (χ1n) is 5.63. The maximum atomic E-state index is 11.4. The number of nitrogens with one attached hydrogen (secondary N) is 2. The molecule has 0 aliphatic heterocycles. The van der Waals surface area contributed by atoms with Crippen LogP contribution in [0.1, 0.15) is 11.7 Å². The van der Waals surface area contributed by atoms with Crippen molar-refractivity contribution in [3.05, 3.63) is 29.8 Å². The van der Waals surface area contributed by atoms with E-state index in [0.29, 0.717) is 5.56 Å². The van der Waals surface area contributed by atoms with Crippen LogP contribution in [0.2, 0.25) is 0 Å². The average Bonchev–Trinajstić information content (AvgIpc) is 2.44. The summed E-state index contributed by atoms with van der Waals surface area (Å²) in [6.07, 6.45) is -0.806. The summed E-state index contributed by atoms with van der Waals surface area (Å²) in [5.74, 6) is -0.366. The van der Waals surface area contributed by atoms with Crippen LogP contribution in [0.4, 0.5) is 5.69 Å². The first-order chi connectivity index (χ1) is 9.08. The lowest BCUT2D eigenvalue weighted by Gasteiger charge is -2.14. The highest BCUT2D eigenvalue weighted by molar-refractivity contribution is 6.36. The number of halogens is 2. The van der Waals surface area contributed by atoms with Crippen LogP contribution in [0, 0.1) is 0 Å². The highest BCUT2D eigenvalue weighted by atomic mass is 35.5. The van der Waals surface area contributed by atoms with E-state index in [9.17, 15) is 9.90 Å². The smallest absolute Gasteiger partial charge is 0.239 e. The van der Waals surface area contributed by atoms with Crippen molar-refractivity contribution in [3.63, 3.8) is 0 Å². The summed E-state index contributed by atoms with van der Waals surface area (Å²) in [4.78, 5) is 16.1. The first kappa shape index (κ1) is 16.0. The monoisotopic (exact) mass is 306 g/mol. The minimum atomic E-state index is -0.806. The second-order valence-corrected chi connectivity index (χ2v) is 4.65. The molecule has 2 atom stereocenters. The molecule has 0 spiro atoms. The molecule has 0 bridgehead atoms. The zero-order chi connectivity index (χ0) is 14.3. The number of carbonyl (C=O) groups excluding carboxylic acids is 1. The van der Waals surface area contributed by atoms with Gasteiger partial charge in [0.1, 0.15) is 5.38 Å².